The smallest absolute Gasteiger partial charge is 0.133 e. The van der Waals surface area contributed by atoms with Crippen LogP contribution in [0.1, 0.15) is 35.9 Å². The molecule has 2 aromatic heterocycles. The molecule has 1 aliphatic rings. The highest BCUT2D eigenvalue weighted by molar-refractivity contribution is 5.62. The lowest BCUT2D eigenvalue weighted by atomic mass is 10.1. The van der Waals surface area contributed by atoms with Gasteiger partial charge in [0.25, 0.3) is 0 Å². The zero-order chi connectivity index (χ0) is 16.5. The van der Waals surface area contributed by atoms with Crippen LogP contribution in [-0.2, 0) is 6.54 Å². The average Bonchev–Trinajstić information content (AvgIpc) is 3.30. The molecule has 0 unspecified atom stereocenters. The molecule has 0 aliphatic carbocycles. The number of hydrogen-bond acceptors (Lipinski definition) is 4. The van der Waals surface area contributed by atoms with Gasteiger partial charge in [-0.1, -0.05) is 5.16 Å². The molecule has 3 aromatic rings. The van der Waals surface area contributed by atoms with Crippen molar-refractivity contribution in [3.05, 3.63) is 59.4 Å². The summed E-state index contributed by atoms with van der Waals surface area (Å²) < 4.78 is 18.4. The largest absolute Gasteiger partial charge is 0.361 e. The van der Waals surface area contributed by atoms with Crippen LogP contribution in [-0.4, -0.2) is 26.8 Å². The fourth-order valence-corrected chi connectivity index (χ4v) is 3.41. The quantitative estimate of drug-likeness (QED) is 0.791. The third-order valence-corrected chi connectivity index (χ3v) is 4.58. The molecular weight excluding hydrogens is 307 g/mol. The van der Waals surface area contributed by atoms with Gasteiger partial charge in [0, 0.05) is 23.7 Å². The summed E-state index contributed by atoms with van der Waals surface area (Å²) in [5, 5.41) is 11.4. The molecule has 5 nitrogen and oxygen atoms in total. The van der Waals surface area contributed by atoms with E-state index in [-0.39, 0.29) is 11.9 Å². The van der Waals surface area contributed by atoms with E-state index in [2.05, 4.69) is 20.3 Å². The molecular formula is C18H19FN4O. The SMILES string of the molecule is Cc1cc([C@@H]2CCCN2Cc2cn[nH]c2-c2ccc(F)cc2)no1. The van der Waals surface area contributed by atoms with E-state index in [0.717, 1.165) is 54.2 Å². The average molecular weight is 326 g/mol. The molecule has 24 heavy (non-hydrogen) atoms. The fourth-order valence-electron chi connectivity index (χ4n) is 3.41. The van der Waals surface area contributed by atoms with Crippen molar-refractivity contribution in [1.82, 2.24) is 20.3 Å². The second-order valence-corrected chi connectivity index (χ2v) is 6.27. The third-order valence-electron chi connectivity index (χ3n) is 4.58. The molecule has 124 valence electrons. The van der Waals surface area contributed by atoms with Crippen molar-refractivity contribution in [2.45, 2.75) is 32.4 Å². The highest BCUT2D eigenvalue weighted by atomic mass is 19.1. The Bertz CT molecular complexity index is 824. The first-order valence-corrected chi connectivity index (χ1v) is 8.16. The molecule has 1 saturated heterocycles. The molecule has 1 fully saturated rings. The van der Waals surface area contributed by atoms with E-state index in [9.17, 15) is 4.39 Å². The maximum absolute atomic E-state index is 13.1. The number of halogens is 1. The van der Waals surface area contributed by atoms with Gasteiger partial charge in [-0.15, -0.1) is 0 Å². The topological polar surface area (TPSA) is 58.0 Å². The molecule has 3 heterocycles. The molecule has 0 bridgehead atoms. The molecule has 0 amide bonds. The zero-order valence-electron chi connectivity index (χ0n) is 13.5. The molecule has 0 spiro atoms. The van der Waals surface area contributed by atoms with Crippen LogP contribution in [0.15, 0.2) is 41.1 Å². The van der Waals surface area contributed by atoms with Crippen molar-refractivity contribution in [2.75, 3.05) is 6.54 Å². The van der Waals surface area contributed by atoms with Crippen LogP contribution in [0.4, 0.5) is 4.39 Å². The molecule has 4 rings (SSSR count). The van der Waals surface area contributed by atoms with E-state index in [0.29, 0.717) is 0 Å². The minimum atomic E-state index is -0.235. The van der Waals surface area contributed by atoms with E-state index in [4.69, 9.17) is 4.52 Å². The minimum absolute atomic E-state index is 0.235. The number of rotatable bonds is 4. The van der Waals surface area contributed by atoms with Gasteiger partial charge in [-0.3, -0.25) is 10.00 Å². The predicted octanol–water partition coefficient (Wildman–Crippen LogP) is 3.85. The van der Waals surface area contributed by atoms with Crippen LogP contribution >= 0.6 is 0 Å². The number of nitrogens with zero attached hydrogens (tertiary/aromatic N) is 3. The van der Waals surface area contributed by atoms with Gasteiger partial charge in [0.2, 0.25) is 0 Å². The van der Waals surface area contributed by atoms with Crippen LogP contribution in [0.2, 0.25) is 0 Å². The predicted molar refractivity (Wildman–Crippen MR) is 87.6 cm³/mol. The van der Waals surface area contributed by atoms with Crippen molar-refractivity contribution < 1.29 is 8.91 Å². The van der Waals surface area contributed by atoms with Gasteiger partial charge in [0.15, 0.2) is 0 Å². The Morgan fingerprint density at radius 2 is 2.17 bits per heavy atom. The summed E-state index contributed by atoms with van der Waals surface area (Å²) in [6, 6.07) is 8.77. The van der Waals surface area contributed by atoms with Crippen LogP contribution in [0, 0.1) is 12.7 Å². The molecule has 0 radical (unpaired) electrons. The van der Waals surface area contributed by atoms with E-state index < -0.39 is 0 Å². The van der Waals surface area contributed by atoms with Gasteiger partial charge >= 0.3 is 0 Å². The summed E-state index contributed by atoms with van der Waals surface area (Å²) in [6.07, 6.45) is 4.07. The molecule has 1 aliphatic heterocycles. The number of aryl methyl sites for hydroxylation is 1. The number of aromatic nitrogens is 3. The molecule has 6 heteroatoms. The highest BCUT2D eigenvalue weighted by Crippen LogP contribution is 2.34. The standard InChI is InChI=1S/C18H19FN4O/c1-12-9-16(22-24-12)17-3-2-8-23(17)11-14-10-20-21-18(14)13-4-6-15(19)7-5-13/h4-7,9-10,17H,2-3,8,11H2,1H3,(H,20,21)/t17-/m0/s1. The Morgan fingerprint density at radius 1 is 1.33 bits per heavy atom. The zero-order valence-corrected chi connectivity index (χ0v) is 13.5. The lowest BCUT2D eigenvalue weighted by Crippen LogP contribution is -2.23. The van der Waals surface area contributed by atoms with Crippen LogP contribution in [0.5, 0.6) is 0 Å². The Morgan fingerprint density at radius 3 is 2.92 bits per heavy atom. The van der Waals surface area contributed by atoms with Crippen LogP contribution < -0.4 is 0 Å². The second kappa shape index (κ2) is 6.20. The molecule has 0 saturated carbocycles. The minimum Gasteiger partial charge on any atom is -0.361 e. The van der Waals surface area contributed by atoms with Gasteiger partial charge < -0.3 is 4.52 Å². The maximum atomic E-state index is 13.1. The third kappa shape index (κ3) is 2.85. The first-order chi connectivity index (χ1) is 11.7. The van der Waals surface area contributed by atoms with Gasteiger partial charge in [-0.2, -0.15) is 5.10 Å². The second-order valence-electron chi connectivity index (χ2n) is 6.27. The van der Waals surface area contributed by atoms with E-state index in [1.54, 1.807) is 12.1 Å². The summed E-state index contributed by atoms with van der Waals surface area (Å²) in [6.45, 7) is 3.71. The highest BCUT2D eigenvalue weighted by Gasteiger charge is 2.29. The number of aromatic amines is 1. The van der Waals surface area contributed by atoms with E-state index >= 15 is 0 Å². The molecule has 1 aromatic carbocycles. The fraction of sp³-hybridized carbons (Fsp3) is 0.333. The number of benzene rings is 1. The molecule has 1 atom stereocenters. The number of hydrogen-bond donors (Lipinski definition) is 1. The number of H-pyrrole nitrogens is 1. The van der Waals surface area contributed by atoms with Gasteiger partial charge in [-0.25, -0.2) is 4.39 Å². The van der Waals surface area contributed by atoms with Crippen LogP contribution in [0.3, 0.4) is 0 Å². The lowest BCUT2D eigenvalue weighted by molar-refractivity contribution is 0.237. The Balaban J connectivity index is 1.57. The van der Waals surface area contributed by atoms with Crippen molar-refractivity contribution in [3.63, 3.8) is 0 Å². The first kappa shape index (κ1) is 15.1. The maximum Gasteiger partial charge on any atom is 0.133 e. The number of nitrogens with one attached hydrogen (secondary N) is 1. The van der Waals surface area contributed by atoms with Crippen molar-refractivity contribution in [3.8, 4) is 11.3 Å². The van der Waals surface area contributed by atoms with Gasteiger partial charge in [-0.05, 0) is 50.6 Å². The van der Waals surface area contributed by atoms with Crippen LogP contribution in [0.25, 0.3) is 11.3 Å². The molecule has 1 N–H and O–H groups in total. The van der Waals surface area contributed by atoms with Gasteiger partial charge in [0.1, 0.15) is 17.3 Å². The number of likely N-dealkylation sites (tertiary alicyclic amines) is 1. The monoisotopic (exact) mass is 326 g/mol. The Hall–Kier alpha value is -2.47. The van der Waals surface area contributed by atoms with Crippen molar-refractivity contribution >= 4 is 0 Å². The summed E-state index contributed by atoms with van der Waals surface area (Å²) >= 11 is 0. The Labute approximate surface area is 139 Å². The van der Waals surface area contributed by atoms with Crippen molar-refractivity contribution in [2.24, 2.45) is 0 Å². The lowest BCUT2D eigenvalue weighted by Gasteiger charge is -2.22. The van der Waals surface area contributed by atoms with Crippen molar-refractivity contribution in [1.29, 1.82) is 0 Å². The summed E-state index contributed by atoms with van der Waals surface area (Å²) in [5.74, 6) is 0.605. The summed E-state index contributed by atoms with van der Waals surface area (Å²) in [5.41, 5.74) is 3.99. The first-order valence-electron chi connectivity index (χ1n) is 8.16. The normalized spacial score (nSPS) is 18.3. The summed E-state index contributed by atoms with van der Waals surface area (Å²) in [4.78, 5) is 2.40. The van der Waals surface area contributed by atoms with E-state index in [1.807, 2.05) is 19.2 Å². The summed E-state index contributed by atoms with van der Waals surface area (Å²) in [7, 11) is 0. The van der Waals surface area contributed by atoms with E-state index in [1.165, 1.54) is 12.1 Å². The Kier molecular flexibility index (Phi) is 3.90. The van der Waals surface area contributed by atoms with Gasteiger partial charge in [0.05, 0.1) is 17.9 Å².